The molecule has 0 spiro atoms. The summed E-state index contributed by atoms with van der Waals surface area (Å²) in [6, 6.07) is 0. The fourth-order valence-corrected chi connectivity index (χ4v) is 0.559. The average molecular weight is 176 g/mol. The monoisotopic (exact) mass is 176 g/mol. The van der Waals surface area contributed by atoms with Gasteiger partial charge in [-0.05, 0) is 27.7 Å². The summed E-state index contributed by atoms with van der Waals surface area (Å²) in [6.45, 7) is 6.41. The second kappa shape index (κ2) is 3.87. The molecule has 0 unspecified atom stereocenters. The van der Waals surface area contributed by atoms with E-state index in [9.17, 15) is 4.79 Å². The number of hydrogen-bond donors (Lipinski definition) is 2. The van der Waals surface area contributed by atoms with Crippen molar-refractivity contribution in [3.05, 3.63) is 0 Å². The van der Waals surface area contributed by atoms with Gasteiger partial charge < -0.3 is 14.9 Å². The summed E-state index contributed by atoms with van der Waals surface area (Å²) in [5, 5.41) is 17.9. The lowest BCUT2D eigenvalue weighted by molar-refractivity contribution is -0.170. The number of aliphatic hydroxyl groups is 2. The first kappa shape index (κ1) is 11.4. The Bertz CT molecular complexity index is 157. The minimum Gasteiger partial charge on any atom is -0.458 e. The Morgan fingerprint density at radius 2 is 1.75 bits per heavy atom. The van der Waals surface area contributed by atoms with Crippen molar-refractivity contribution in [2.45, 2.75) is 45.5 Å². The van der Waals surface area contributed by atoms with Gasteiger partial charge in [-0.3, -0.25) is 0 Å². The van der Waals surface area contributed by atoms with E-state index >= 15 is 0 Å². The van der Waals surface area contributed by atoms with E-state index in [-0.39, 0.29) is 0 Å². The third-order valence-electron chi connectivity index (χ3n) is 1.11. The van der Waals surface area contributed by atoms with Crippen molar-refractivity contribution in [1.82, 2.24) is 0 Å². The molecule has 2 N–H and O–H groups in total. The molecule has 0 aromatic rings. The fraction of sp³-hybridized carbons (Fsp3) is 0.875. The first-order valence-corrected chi connectivity index (χ1v) is 3.83. The van der Waals surface area contributed by atoms with Gasteiger partial charge in [0.15, 0.2) is 6.10 Å². The van der Waals surface area contributed by atoms with Gasteiger partial charge in [-0.2, -0.15) is 0 Å². The zero-order chi connectivity index (χ0) is 9.94. The maximum atomic E-state index is 11.0. The molecule has 0 aliphatic heterocycles. The maximum Gasteiger partial charge on any atom is 0.338 e. The third-order valence-corrected chi connectivity index (χ3v) is 1.11. The molecule has 72 valence electrons. The maximum absolute atomic E-state index is 11.0. The quantitative estimate of drug-likeness (QED) is 0.584. The molecule has 0 bridgehead atoms. The normalized spacial score (nSPS) is 16.8. The molecule has 4 nitrogen and oxygen atoms in total. The number of hydrogen-bond acceptors (Lipinski definition) is 4. The van der Waals surface area contributed by atoms with Crippen LogP contribution in [-0.2, 0) is 9.53 Å². The summed E-state index contributed by atoms with van der Waals surface area (Å²) in [6.07, 6.45) is -2.55. The summed E-state index contributed by atoms with van der Waals surface area (Å²) in [5.74, 6) is -0.794. The smallest absolute Gasteiger partial charge is 0.338 e. The average Bonchev–Trinajstić information content (AvgIpc) is 1.82. The lowest BCUT2D eigenvalue weighted by atomic mass is 10.2. The van der Waals surface area contributed by atoms with Gasteiger partial charge >= 0.3 is 5.97 Å². The summed E-state index contributed by atoms with van der Waals surface area (Å²) in [7, 11) is 0. The standard InChI is InChI=1S/C8H16O4/c1-5(9)6(10)7(11)12-8(2,3)4/h5-6,9-10H,1-4H3/t5-,6-/m1/s1. The van der Waals surface area contributed by atoms with E-state index in [1.807, 2.05) is 0 Å². The second-order valence-corrected chi connectivity index (χ2v) is 3.72. The molecule has 0 saturated carbocycles. The van der Waals surface area contributed by atoms with Gasteiger partial charge in [0.25, 0.3) is 0 Å². The van der Waals surface area contributed by atoms with E-state index in [2.05, 4.69) is 0 Å². The van der Waals surface area contributed by atoms with Gasteiger partial charge in [0.2, 0.25) is 0 Å². The van der Waals surface area contributed by atoms with Crippen LogP contribution in [0.5, 0.6) is 0 Å². The Balaban J connectivity index is 4.05. The Morgan fingerprint density at radius 1 is 1.33 bits per heavy atom. The Labute approximate surface area is 72.2 Å². The molecule has 0 rings (SSSR count). The topological polar surface area (TPSA) is 66.8 Å². The molecule has 12 heavy (non-hydrogen) atoms. The van der Waals surface area contributed by atoms with Gasteiger partial charge in [-0.1, -0.05) is 0 Å². The van der Waals surface area contributed by atoms with Gasteiger partial charge in [0, 0.05) is 0 Å². The number of ether oxygens (including phenoxy) is 1. The predicted molar refractivity (Wildman–Crippen MR) is 43.5 cm³/mol. The molecular formula is C8H16O4. The van der Waals surface area contributed by atoms with Gasteiger partial charge in [-0.25, -0.2) is 4.79 Å². The molecule has 0 heterocycles. The highest BCUT2D eigenvalue weighted by Crippen LogP contribution is 2.09. The van der Waals surface area contributed by atoms with Crippen LogP contribution in [0.3, 0.4) is 0 Å². The van der Waals surface area contributed by atoms with Crippen LogP contribution in [-0.4, -0.2) is 34.0 Å². The molecule has 0 aromatic heterocycles. The largest absolute Gasteiger partial charge is 0.458 e. The van der Waals surface area contributed by atoms with E-state index in [1.165, 1.54) is 6.92 Å². The number of carbonyl (C=O) groups is 1. The predicted octanol–water partition coefficient (Wildman–Crippen LogP) is 0.0698. The SMILES string of the molecule is C[C@@H](O)[C@@H](O)C(=O)OC(C)(C)C. The highest BCUT2D eigenvalue weighted by Gasteiger charge is 2.26. The Hall–Kier alpha value is -0.610. The van der Waals surface area contributed by atoms with E-state index < -0.39 is 23.8 Å². The molecule has 0 saturated heterocycles. The van der Waals surface area contributed by atoms with Crippen molar-refractivity contribution >= 4 is 5.97 Å². The van der Waals surface area contributed by atoms with E-state index in [4.69, 9.17) is 14.9 Å². The van der Waals surface area contributed by atoms with Crippen LogP contribution >= 0.6 is 0 Å². The molecule has 0 radical (unpaired) electrons. The van der Waals surface area contributed by atoms with Crippen molar-refractivity contribution < 1.29 is 19.7 Å². The van der Waals surface area contributed by atoms with E-state index in [0.29, 0.717) is 0 Å². The number of esters is 1. The Kier molecular flexibility index (Phi) is 3.67. The van der Waals surface area contributed by atoms with Crippen molar-refractivity contribution in [3.8, 4) is 0 Å². The summed E-state index contributed by atoms with van der Waals surface area (Å²) >= 11 is 0. The van der Waals surface area contributed by atoms with E-state index in [0.717, 1.165) is 0 Å². The first-order valence-electron chi connectivity index (χ1n) is 3.83. The van der Waals surface area contributed by atoms with Crippen molar-refractivity contribution in [1.29, 1.82) is 0 Å². The van der Waals surface area contributed by atoms with Crippen molar-refractivity contribution in [2.24, 2.45) is 0 Å². The van der Waals surface area contributed by atoms with Gasteiger partial charge in [-0.15, -0.1) is 0 Å². The van der Waals surface area contributed by atoms with Gasteiger partial charge in [0.05, 0.1) is 6.10 Å². The number of aliphatic hydroxyl groups excluding tert-OH is 2. The van der Waals surface area contributed by atoms with Crippen LogP contribution < -0.4 is 0 Å². The summed E-state index contributed by atoms with van der Waals surface area (Å²) < 4.78 is 4.81. The number of carbonyl (C=O) groups excluding carboxylic acids is 1. The zero-order valence-corrected chi connectivity index (χ0v) is 7.87. The zero-order valence-electron chi connectivity index (χ0n) is 7.87. The molecule has 0 aromatic carbocycles. The lowest BCUT2D eigenvalue weighted by Gasteiger charge is -2.22. The van der Waals surface area contributed by atoms with Crippen LogP contribution in [0, 0.1) is 0 Å². The summed E-state index contributed by atoms with van der Waals surface area (Å²) in [4.78, 5) is 11.0. The van der Waals surface area contributed by atoms with Gasteiger partial charge in [0.1, 0.15) is 5.60 Å². The van der Waals surface area contributed by atoms with Crippen LogP contribution in [0.4, 0.5) is 0 Å². The van der Waals surface area contributed by atoms with Crippen LogP contribution in [0.1, 0.15) is 27.7 Å². The molecule has 4 heteroatoms. The minimum atomic E-state index is -1.45. The summed E-state index contributed by atoms with van der Waals surface area (Å²) in [5.41, 5.74) is -0.632. The fourth-order valence-electron chi connectivity index (χ4n) is 0.559. The lowest BCUT2D eigenvalue weighted by Crippen LogP contribution is -2.37. The Morgan fingerprint density at radius 3 is 2.00 bits per heavy atom. The van der Waals surface area contributed by atoms with Crippen LogP contribution in [0.2, 0.25) is 0 Å². The number of rotatable bonds is 2. The van der Waals surface area contributed by atoms with E-state index in [1.54, 1.807) is 20.8 Å². The van der Waals surface area contributed by atoms with Crippen molar-refractivity contribution in [2.75, 3.05) is 0 Å². The van der Waals surface area contributed by atoms with Crippen LogP contribution in [0.25, 0.3) is 0 Å². The minimum absolute atomic E-state index is 0.632. The van der Waals surface area contributed by atoms with Crippen molar-refractivity contribution in [3.63, 3.8) is 0 Å². The molecule has 2 atom stereocenters. The first-order chi connectivity index (χ1) is 5.24. The molecule has 0 amide bonds. The highest BCUT2D eigenvalue weighted by molar-refractivity contribution is 5.75. The molecular weight excluding hydrogens is 160 g/mol. The highest BCUT2D eigenvalue weighted by atomic mass is 16.6. The third kappa shape index (κ3) is 4.31. The van der Waals surface area contributed by atoms with Crippen LogP contribution in [0.15, 0.2) is 0 Å². The second-order valence-electron chi connectivity index (χ2n) is 3.72. The molecule has 0 aliphatic carbocycles. The molecule has 0 fully saturated rings. The molecule has 0 aliphatic rings.